The van der Waals surface area contributed by atoms with Crippen LogP contribution in [0.2, 0.25) is 5.02 Å². The zero-order chi connectivity index (χ0) is 17.7. The van der Waals surface area contributed by atoms with Crippen LogP contribution in [0.25, 0.3) is 0 Å². The fourth-order valence-corrected chi connectivity index (χ4v) is 2.75. The Morgan fingerprint density at radius 2 is 1.83 bits per heavy atom. The van der Waals surface area contributed by atoms with E-state index in [1.165, 1.54) is 6.92 Å². The average molecular weight is 412 g/mol. The minimum absolute atomic E-state index is 0.171. The highest BCUT2D eigenvalue weighted by atomic mass is 79.9. The van der Waals surface area contributed by atoms with Crippen LogP contribution in [-0.2, 0) is 9.59 Å². The van der Waals surface area contributed by atoms with E-state index in [4.69, 9.17) is 16.3 Å². The minimum Gasteiger partial charge on any atom is -0.482 e. The van der Waals surface area contributed by atoms with Crippen molar-refractivity contribution in [3.8, 4) is 5.75 Å². The van der Waals surface area contributed by atoms with Crippen molar-refractivity contribution in [1.82, 2.24) is 0 Å². The summed E-state index contributed by atoms with van der Waals surface area (Å²) in [7, 11) is 0. The molecule has 0 bridgehead atoms. The van der Waals surface area contributed by atoms with Gasteiger partial charge in [0.2, 0.25) is 5.91 Å². The Morgan fingerprint density at radius 3 is 2.46 bits per heavy atom. The molecule has 2 aromatic carbocycles. The van der Waals surface area contributed by atoms with Crippen molar-refractivity contribution in [2.45, 2.75) is 13.8 Å². The molecule has 2 aromatic rings. The zero-order valence-corrected chi connectivity index (χ0v) is 15.5. The summed E-state index contributed by atoms with van der Waals surface area (Å²) >= 11 is 9.34. The summed E-state index contributed by atoms with van der Waals surface area (Å²) in [6.07, 6.45) is 0. The Balaban J connectivity index is 2.01. The minimum atomic E-state index is -0.322. The first kappa shape index (κ1) is 18.3. The molecule has 0 fully saturated rings. The van der Waals surface area contributed by atoms with E-state index < -0.39 is 0 Å². The smallest absolute Gasteiger partial charge is 0.262 e. The molecule has 2 rings (SSSR count). The number of hydrogen-bond donors (Lipinski definition) is 2. The molecular formula is C17H16BrClN2O3. The first-order valence-electron chi connectivity index (χ1n) is 7.11. The second kappa shape index (κ2) is 8.17. The molecule has 0 spiro atoms. The Morgan fingerprint density at radius 1 is 1.17 bits per heavy atom. The Labute approximate surface area is 153 Å². The monoisotopic (exact) mass is 410 g/mol. The van der Waals surface area contributed by atoms with Gasteiger partial charge in [-0.1, -0.05) is 33.6 Å². The summed E-state index contributed by atoms with van der Waals surface area (Å²) < 4.78 is 6.25. The number of nitrogens with one attached hydrogen (secondary N) is 2. The number of benzene rings is 2. The summed E-state index contributed by atoms with van der Waals surface area (Å²) in [5, 5.41) is 5.89. The lowest BCUT2D eigenvalue weighted by Crippen LogP contribution is -2.21. The lowest BCUT2D eigenvalue weighted by atomic mass is 10.1. The highest BCUT2D eigenvalue weighted by molar-refractivity contribution is 9.10. The second-order valence-electron chi connectivity index (χ2n) is 5.07. The largest absolute Gasteiger partial charge is 0.482 e. The lowest BCUT2D eigenvalue weighted by molar-refractivity contribution is -0.118. The van der Waals surface area contributed by atoms with E-state index in [0.717, 1.165) is 10.0 Å². The van der Waals surface area contributed by atoms with Gasteiger partial charge >= 0.3 is 0 Å². The van der Waals surface area contributed by atoms with E-state index in [9.17, 15) is 9.59 Å². The predicted octanol–water partition coefficient (Wildman–Crippen LogP) is 4.39. The molecule has 0 unspecified atom stereocenters. The van der Waals surface area contributed by atoms with Gasteiger partial charge in [-0.25, -0.2) is 0 Å². The van der Waals surface area contributed by atoms with Gasteiger partial charge in [-0.2, -0.15) is 0 Å². The lowest BCUT2D eigenvalue weighted by Gasteiger charge is -2.13. The molecule has 0 saturated carbocycles. The quantitative estimate of drug-likeness (QED) is 0.767. The van der Waals surface area contributed by atoms with Crippen LogP contribution in [-0.4, -0.2) is 18.4 Å². The standard InChI is InChI=1S/C17H16BrClN2O3/c1-10-14(20-11(2)22)4-3-5-15(10)21-17(23)9-24-16-7-6-12(18)8-13(16)19/h3-8H,9H2,1-2H3,(H,20,22)(H,21,23). The maximum absolute atomic E-state index is 12.1. The van der Waals surface area contributed by atoms with Gasteiger partial charge in [0.1, 0.15) is 5.75 Å². The normalized spacial score (nSPS) is 10.2. The number of ether oxygens (including phenoxy) is 1. The summed E-state index contributed by atoms with van der Waals surface area (Å²) in [6, 6.07) is 10.4. The number of anilines is 2. The molecule has 0 aromatic heterocycles. The molecule has 0 radical (unpaired) electrons. The van der Waals surface area contributed by atoms with Crippen molar-refractivity contribution in [1.29, 1.82) is 0 Å². The van der Waals surface area contributed by atoms with Crippen molar-refractivity contribution in [2.75, 3.05) is 17.2 Å². The van der Waals surface area contributed by atoms with E-state index in [-0.39, 0.29) is 18.4 Å². The third-order valence-electron chi connectivity index (χ3n) is 3.17. The van der Waals surface area contributed by atoms with E-state index in [2.05, 4.69) is 26.6 Å². The van der Waals surface area contributed by atoms with E-state index in [1.54, 1.807) is 36.4 Å². The number of hydrogen-bond acceptors (Lipinski definition) is 3. The fourth-order valence-electron chi connectivity index (χ4n) is 2.02. The highest BCUT2D eigenvalue weighted by Crippen LogP contribution is 2.28. The number of carbonyl (C=O) groups excluding carboxylic acids is 2. The van der Waals surface area contributed by atoms with E-state index in [1.807, 2.05) is 6.92 Å². The zero-order valence-electron chi connectivity index (χ0n) is 13.2. The first-order valence-corrected chi connectivity index (χ1v) is 8.29. The summed E-state index contributed by atoms with van der Waals surface area (Å²) in [4.78, 5) is 23.3. The van der Waals surface area contributed by atoms with Gasteiger partial charge in [-0.3, -0.25) is 9.59 Å². The third kappa shape index (κ3) is 4.97. The van der Waals surface area contributed by atoms with Gasteiger partial charge in [0.25, 0.3) is 5.91 Å². The van der Waals surface area contributed by atoms with Gasteiger partial charge in [-0.15, -0.1) is 0 Å². The molecule has 24 heavy (non-hydrogen) atoms. The number of halogens is 2. The number of amides is 2. The van der Waals surface area contributed by atoms with Crippen LogP contribution in [0, 0.1) is 6.92 Å². The van der Waals surface area contributed by atoms with Crippen LogP contribution in [0.1, 0.15) is 12.5 Å². The summed E-state index contributed by atoms with van der Waals surface area (Å²) in [5.41, 5.74) is 2.02. The summed E-state index contributed by atoms with van der Waals surface area (Å²) in [5.74, 6) is -0.0643. The molecule has 0 saturated heterocycles. The first-order chi connectivity index (χ1) is 11.4. The van der Waals surface area contributed by atoms with E-state index >= 15 is 0 Å². The van der Waals surface area contributed by atoms with Crippen molar-refractivity contribution < 1.29 is 14.3 Å². The van der Waals surface area contributed by atoms with Crippen molar-refractivity contribution >= 4 is 50.7 Å². The summed E-state index contributed by atoms with van der Waals surface area (Å²) in [6.45, 7) is 3.07. The SMILES string of the molecule is CC(=O)Nc1cccc(NC(=O)COc2ccc(Br)cc2Cl)c1C. The molecule has 0 aliphatic rings. The maximum Gasteiger partial charge on any atom is 0.262 e. The van der Waals surface area contributed by atoms with Crippen molar-refractivity contribution in [3.63, 3.8) is 0 Å². The number of rotatable bonds is 5. The van der Waals surface area contributed by atoms with E-state index in [0.29, 0.717) is 22.1 Å². The molecule has 126 valence electrons. The Hall–Kier alpha value is -2.05. The molecule has 0 aliphatic heterocycles. The second-order valence-corrected chi connectivity index (χ2v) is 6.39. The van der Waals surface area contributed by atoms with Gasteiger partial charge in [0.15, 0.2) is 6.61 Å². The molecule has 2 amide bonds. The maximum atomic E-state index is 12.1. The van der Waals surface area contributed by atoms with Crippen LogP contribution in [0.15, 0.2) is 40.9 Å². The molecule has 0 atom stereocenters. The van der Waals surface area contributed by atoms with Crippen molar-refractivity contribution in [3.05, 3.63) is 51.5 Å². The molecular weight excluding hydrogens is 396 g/mol. The molecule has 0 heterocycles. The highest BCUT2D eigenvalue weighted by Gasteiger charge is 2.10. The van der Waals surface area contributed by atoms with Gasteiger partial charge in [0.05, 0.1) is 5.02 Å². The Kier molecular flexibility index (Phi) is 6.23. The average Bonchev–Trinajstić information content (AvgIpc) is 2.50. The van der Waals surface area contributed by atoms with Crippen LogP contribution in [0.4, 0.5) is 11.4 Å². The third-order valence-corrected chi connectivity index (χ3v) is 3.96. The van der Waals surface area contributed by atoms with Crippen LogP contribution in [0.5, 0.6) is 5.75 Å². The molecule has 5 nitrogen and oxygen atoms in total. The van der Waals surface area contributed by atoms with Crippen LogP contribution >= 0.6 is 27.5 Å². The molecule has 2 N–H and O–H groups in total. The van der Waals surface area contributed by atoms with Gasteiger partial charge in [0, 0.05) is 22.8 Å². The Bertz CT molecular complexity index is 780. The fraction of sp³-hybridized carbons (Fsp3) is 0.176. The van der Waals surface area contributed by atoms with Gasteiger partial charge in [-0.05, 0) is 42.8 Å². The van der Waals surface area contributed by atoms with Crippen molar-refractivity contribution in [2.24, 2.45) is 0 Å². The van der Waals surface area contributed by atoms with Crippen LogP contribution in [0.3, 0.4) is 0 Å². The topological polar surface area (TPSA) is 67.4 Å². The molecule has 0 aliphatic carbocycles. The van der Waals surface area contributed by atoms with Crippen LogP contribution < -0.4 is 15.4 Å². The van der Waals surface area contributed by atoms with Gasteiger partial charge < -0.3 is 15.4 Å². The predicted molar refractivity (Wildman–Crippen MR) is 98.8 cm³/mol. The molecule has 7 heteroatoms. The number of carbonyl (C=O) groups is 2.